The second-order valence-electron chi connectivity index (χ2n) is 10.0. The Morgan fingerprint density at radius 3 is 2.65 bits per heavy atom. The van der Waals surface area contributed by atoms with Crippen LogP contribution in [-0.2, 0) is 11.5 Å². The van der Waals surface area contributed by atoms with Gasteiger partial charge >= 0.3 is 0 Å². The highest BCUT2D eigenvalue weighted by molar-refractivity contribution is 6.76. The Morgan fingerprint density at radius 1 is 1.21 bits per heavy atom. The Bertz CT molecular complexity index is 1030. The average molecular weight is 507 g/mol. The number of aliphatic hydroxyl groups is 1. The molecule has 7 nitrogen and oxygen atoms in total. The third-order valence-electron chi connectivity index (χ3n) is 6.01. The van der Waals surface area contributed by atoms with E-state index in [1.54, 1.807) is 24.3 Å². The van der Waals surface area contributed by atoms with Crippen molar-refractivity contribution >= 4 is 25.6 Å². The number of halogens is 1. The highest BCUT2D eigenvalue weighted by Gasteiger charge is 2.24. The fourth-order valence-electron chi connectivity index (χ4n) is 3.89. The molecule has 1 aromatic carbocycles. The van der Waals surface area contributed by atoms with Crippen LogP contribution in [0.1, 0.15) is 42.5 Å². The molecule has 0 radical (unpaired) electrons. The fourth-order valence-corrected chi connectivity index (χ4v) is 4.85. The summed E-state index contributed by atoms with van der Waals surface area (Å²) in [5.74, 6) is 0.240. The zero-order valence-electron chi connectivity index (χ0n) is 20.2. The zero-order chi connectivity index (χ0) is 24.7. The lowest BCUT2D eigenvalue weighted by molar-refractivity contribution is 0.0463. The summed E-state index contributed by atoms with van der Waals surface area (Å²) in [5.41, 5.74) is -0.0433. The summed E-state index contributed by atoms with van der Waals surface area (Å²) >= 11 is 6.27. The normalized spacial score (nSPS) is 15.7. The topological polar surface area (TPSA) is 89.8 Å². The number of pyridine rings is 1. The van der Waals surface area contributed by atoms with Crippen LogP contribution in [0.3, 0.4) is 0 Å². The first kappa shape index (κ1) is 26.5. The zero-order valence-corrected chi connectivity index (χ0v) is 21.9. The summed E-state index contributed by atoms with van der Waals surface area (Å²) in [6, 6.07) is 10.4. The van der Waals surface area contributed by atoms with Gasteiger partial charge in [-0.3, -0.25) is 14.2 Å². The van der Waals surface area contributed by atoms with Crippen LogP contribution in [0, 0.1) is 5.92 Å². The molecule has 34 heavy (non-hydrogen) atoms. The molecule has 2 N–H and O–H groups in total. The minimum Gasteiger partial charge on any atom is -0.441 e. The molecule has 1 heterocycles. The molecule has 1 unspecified atom stereocenters. The van der Waals surface area contributed by atoms with E-state index in [1.165, 1.54) is 16.7 Å². The van der Waals surface area contributed by atoms with Gasteiger partial charge in [-0.25, -0.2) is 0 Å². The van der Waals surface area contributed by atoms with Gasteiger partial charge in [0.1, 0.15) is 18.7 Å². The van der Waals surface area contributed by atoms with Gasteiger partial charge < -0.3 is 19.9 Å². The van der Waals surface area contributed by atoms with Gasteiger partial charge in [0.05, 0.1) is 10.6 Å². The molecule has 1 aromatic heterocycles. The van der Waals surface area contributed by atoms with Crippen LogP contribution in [-0.4, -0.2) is 36.5 Å². The standard InChI is InChI=1S/C25H35ClN2O5Si/c1-34(2,3)15-14-32-17-28-22(29)10-7-11-23(28)33-19-12-13-21(26)20(16-19)25(31)27-24(30)18-8-5-4-6-9-18/h7,10-13,16,18,24,30H,4-6,8-9,14-15,17H2,1-3H3,(H,27,31). The predicted octanol–water partition coefficient (Wildman–Crippen LogP) is 5.23. The van der Waals surface area contributed by atoms with Gasteiger partial charge in [0.25, 0.3) is 11.5 Å². The molecular weight excluding hydrogens is 472 g/mol. The molecule has 1 atom stereocenters. The molecule has 0 saturated heterocycles. The monoisotopic (exact) mass is 506 g/mol. The number of carbonyl (C=O) groups is 1. The van der Waals surface area contributed by atoms with Gasteiger partial charge in [0.15, 0.2) is 0 Å². The first-order chi connectivity index (χ1) is 16.1. The van der Waals surface area contributed by atoms with Crippen LogP contribution in [0.4, 0.5) is 0 Å². The van der Waals surface area contributed by atoms with Crippen molar-refractivity contribution < 1.29 is 19.4 Å². The Balaban J connectivity index is 1.70. The summed E-state index contributed by atoms with van der Waals surface area (Å²) in [4.78, 5) is 25.2. The molecule has 1 fully saturated rings. The van der Waals surface area contributed by atoms with Crippen molar-refractivity contribution in [2.45, 2.75) is 70.7 Å². The molecule has 3 rings (SSSR count). The summed E-state index contributed by atoms with van der Waals surface area (Å²) in [5, 5.41) is 13.4. The molecule has 1 aliphatic carbocycles. The van der Waals surface area contributed by atoms with E-state index in [2.05, 4.69) is 25.0 Å². The van der Waals surface area contributed by atoms with Crippen molar-refractivity contribution in [1.29, 1.82) is 0 Å². The molecule has 1 aliphatic rings. The highest BCUT2D eigenvalue weighted by atomic mass is 35.5. The molecule has 1 amide bonds. The number of amides is 1. The average Bonchev–Trinajstić information content (AvgIpc) is 2.79. The molecular formula is C25H35ClN2O5Si. The van der Waals surface area contributed by atoms with E-state index in [0.717, 1.165) is 38.1 Å². The number of aliphatic hydroxyl groups excluding tert-OH is 1. The minimum absolute atomic E-state index is 0.0515. The van der Waals surface area contributed by atoms with E-state index < -0.39 is 20.2 Å². The summed E-state index contributed by atoms with van der Waals surface area (Å²) in [6.07, 6.45) is 4.15. The lowest BCUT2D eigenvalue weighted by Gasteiger charge is -2.27. The van der Waals surface area contributed by atoms with Gasteiger partial charge in [-0.1, -0.05) is 56.6 Å². The fraction of sp³-hybridized carbons (Fsp3) is 0.520. The van der Waals surface area contributed by atoms with E-state index in [1.807, 2.05) is 0 Å². The van der Waals surface area contributed by atoms with Crippen LogP contribution in [0.25, 0.3) is 0 Å². The molecule has 9 heteroatoms. The maximum Gasteiger partial charge on any atom is 0.255 e. The van der Waals surface area contributed by atoms with Crippen molar-refractivity contribution in [2.75, 3.05) is 6.61 Å². The quantitative estimate of drug-likeness (QED) is 0.261. The predicted molar refractivity (Wildman–Crippen MR) is 136 cm³/mol. The summed E-state index contributed by atoms with van der Waals surface area (Å²) in [6.45, 7) is 7.45. The number of hydrogen-bond acceptors (Lipinski definition) is 5. The second kappa shape index (κ2) is 12.0. The second-order valence-corrected chi connectivity index (χ2v) is 16.1. The summed E-state index contributed by atoms with van der Waals surface area (Å²) < 4.78 is 13.1. The van der Waals surface area contributed by atoms with Crippen LogP contribution in [0.2, 0.25) is 30.7 Å². The van der Waals surface area contributed by atoms with Crippen LogP contribution < -0.4 is 15.6 Å². The van der Waals surface area contributed by atoms with Crippen molar-refractivity contribution in [3.63, 3.8) is 0 Å². The molecule has 0 bridgehead atoms. The largest absolute Gasteiger partial charge is 0.441 e. The van der Waals surface area contributed by atoms with E-state index in [9.17, 15) is 14.7 Å². The third kappa shape index (κ3) is 7.70. The smallest absolute Gasteiger partial charge is 0.255 e. The number of nitrogens with zero attached hydrogens (tertiary/aromatic N) is 1. The van der Waals surface area contributed by atoms with Gasteiger partial charge in [0.2, 0.25) is 5.88 Å². The van der Waals surface area contributed by atoms with Gasteiger partial charge in [-0.05, 0) is 43.2 Å². The van der Waals surface area contributed by atoms with Crippen molar-refractivity contribution in [3.05, 3.63) is 57.3 Å². The highest BCUT2D eigenvalue weighted by Crippen LogP contribution is 2.28. The molecule has 2 aromatic rings. The molecule has 1 saturated carbocycles. The van der Waals surface area contributed by atoms with E-state index >= 15 is 0 Å². The Labute approximate surface area is 207 Å². The number of carbonyl (C=O) groups excluding carboxylic acids is 1. The van der Waals surface area contributed by atoms with E-state index in [0.29, 0.717) is 18.2 Å². The number of ether oxygens (including phenoxy) is 2. The van der Waals surface area contributed by atoms with Gasteiger partial charge in [0, 0.05) is 26.7 Å². The van der Waals surface area contributed by atoms with Crippen LogP contribution in [0.15, 0.2) is 41.2 Å². The van der Waals surface area contributed by atoms with Gasteiger partial charge in [-0.15, -0.1) is 0 Å². The van der Waals surface area contributed by atoms with Crippen molar-refractivity contribution in [2.24, 2.45) is 5.92 Å². The number of benzene rings is 1. The maximum atomic E-state index is 12.8. The maximum absolute atomic E-state index is 12.8. The Hall–Kier alpha value is -2.13. The van der Waals surface area contributed by atoms with Gasteiger partial charge in [-0.2, -0.15) is 0 Å². The van der Waals surface area contributed by atoms with Crippen LogP contribution >= 0.6 is 11.6 Å². The number of hydrogen-bond donors (Lipinski definition) is 2. The first-order valence-electron chi connectivity index (χ1n) is 11.9. The Morgan fingerprint density at radius 2 is 1.94 bits per heavy atom. The van der Waals surface area contributed by atoms with Crippen molar-refractivity contribution in [3.8, 4) is 11.6 Å². The van der Waals surface area contributed by atoms with E-state index in [-0.39, 0.29) is 28.8 Å². The molecule has 0 spiro atoms. The molecule has 0 aliphatic heterocycles. The lowest BCUT2D eigenvalue weighted by atomic mass is 9.88. The lowest BCUT2D eigenvalue weighted by Crippen LogP contribution is -2.41. The van der Waals surface area contributed by atoms with Crippen molar-refractivity contribution in [1.82, 2.24) is 9.88 Å². The summed E-state index contributed by atoms with van der Waals surface area (Å²) in [7, 11) is -1.24. The van der Waals surface area contributed by atoms with Crippen LogP contribution in [0.5, 0.6) is 11.6 Å². The molecule has 186 valence electrons. The third-order valence-corrected chi connectivity index (χ3v) is 8.04. The number of rotatable bonds is 10. The number of aromatic nitrogens is 1. The first-order valence-corrected chi connectivity index (χ1v) is 16.0. The minimum atomic E-state index is -1.24. The number of nitrogens with one attached hydrogen (secondary N) is 1. The Kier molecular flexibility index (Phi) is 9.36. The SMILES string of the molecule is C[Si](C)(C)CCOCn1c(Oc2ccc(Cl)c(C(=O)NC(O)C3CCCCC3)c2)cccc1=O. The van der Waals surface area contributed by atoms with E-state index in [4.69, 9.17) is 21.1 Å².